The number of hydrogen-bond donors (Lipinski definition) is 3. The van der Waals surface area contributed by atoms with Crippen molar-refractivity contribution >= 4 is 0 Å². The van der Waals surface area contributed by atoms with Gasteiger partial charge >= 0.3 is 0 Å². The first kappa shape index (κ1) is 23.1. The van der Waals surface area contributed by atoms with E-state index < -0.39 is 0 Å². The van der Waals surface area contributed by atoms with Crippen LogP contribution in [0.3, 0.4) is 0 Å². The Morgan fingerprint density at radius 1 is 0.933 bits per heavy atom. The van der Waals surface area contributed by atoms with Gasteiger partial charge in [-0.3, -0.25) is 0 Å². The van der Waals surface area contributed by atoms with E-state index in [9.17, 15) is 15.3 Å². The Balaban J connectivity index is 1.76. The van der Waals surface area contributed by atoms with Gasteiger partial charge in [0.05, 0.1) is 18.3 Å². The SMILES string of the molecule is CCC[C@@H](C)[C@H]1CCC2C3C(O)[C@H](CC)[C@]4(C)C[C@H](O)CC[C@]4(C)C3C(O)C[C@@]21C. The first-order chi connectivity index (χ1) is 14.0. The van der Waals surface area contributed by atoms with Gasteiger partial charge in [-0.05, 0) is 90.3 Å². The molecule has 4 aliphatic carbocycles. The summed E-state index contributed by atoms with van der Waals surface area (Å²) in [5.41, 5.74) is 0.0274. The van der Waals surface area contributed by atoms with Gasteiger partial charge in [-0.25, -0.2) is 0 Å². The van der Waals surface area contributed by atoms with E-state index in [0.717, 1.165) is 32.1 Å². The second-order valence-corrected chi connectivity index (χ2v) is 12.7. The predicted octanol–water partition coefficient (Wildman–Crippen LogP) is 5.41. The molecule has 0 saturated heterocycles. The van der Waals surface area contributed by atoms with Gasteiger partial charge < -0.3 is 15.3 Å². The number of aliphatic hydroxyl groups is 3. The molecule has 5 unspecified atom stereocenters. The maximum Gasteiger partial charge on any atom is 0.0608 e. The summed E-state index contributed by atoms with van der Waals surface area (Å²) < 4.78 is 0. The van der Waals surface area contributed by atoms with Crippen LogP contribution in [0.2, 0.25) is 0 Å². The normalized spacial score (nSPS) is 56.7. The van der Waals surface area contributed by atoms with Crippen molar-refractivity contribution in [3.63, 3.8) is 0 Å². The van der Waals surface area contributed by atoms with Crippen molar-refractivity contribution in [3.05, 3.63) is 0 Å². The molecule has 12 atom stereocenters. The van der Waals surface area contributed by atoms with E-state index in [1.165, 1.54) is 25.7 Å². The lowest BCUT2D eigenvalue weighted by Crippen LogP contribution is -2.69. The van der Waals surface area contributed by atoms with E-state index in [1.807, 2.05) is 0 Å². The topological polar surface area (TPSA) is 60.7 Å². The van der Waals surface area contributed by atoms with Gasteiger partial charge in [0.25, 0.3) is 0 Å². The molecule has 0 aromatic carbocycles. The van der Waals surface area contributed by atoms with E-state index in [-0.39, 0.29) is 52.3 Å². The van der Waals surface area contributed by atoms with Gasteiger partial charge in [0.15, 0.2) is 0 Å². The molecule has 4 rings (SSSR count). The van der Waals surface area contributed by atoms with Crippen LogP contribution in [0.4, 0.5) is 0 Å². The standard InChI is InChI=1S/C27H48O3/c1-7-9-16(3)19-10-11-20-22-23(21(29)15-25(19,20)4)26(5)13-12-17(28)14-27(26,6)18(8-2)24(22)30/h16-24,28-30H,7-15H2,1-6H3/t16-,17-,18+,19-,20?,21?,22?,23?,24?,25-,26-,27+/m1/s1. The van der Waals surface area contributed by atoms with Crippen molar-refractivity contribution in [1.29, 1.82) is 0 Å². The van der Waals surface area contributed by atoms with E-state index in [2.05, 4.69) is 41.5 Å². The average molecular weight is 421 g/mol. The van der Waals surface area contributed by atoms with Crippen LogP contribution >= 0.6 is 0 Å². The minimum absolute atomic E-state index is 0.00925. The molecule has 0 amide bonds. The zero-order valence-corrected chi connectivity index (χ0v) is 20.4. The van der Waals surface area contributed by atoms with Gasteiger partial charge in [0.1, 0.15) is 0 Å². The summed E-state index contributed by atoms with van der Waals surface area (Å²) in [5.74, 6) is 2.46. The third-order valence-electron chi connectivity index (χ3n) is 11.6. The van der Waals surface area contributed by atoms with Gasteiger partial charge in [-0.15, -0.1) is 0 Å². The number of aliphatic hydroxyl groups excluding tert-OH is 3. The highest BCUT2D eigenvalue weighted by Crippen LogP contribution is 2.72. The van der Waals surface area contributed by atoms with Crippen molar-refractivity contribution < 1.29 is 15.3 Å². The van der Waals surface area contributed by atoms with Crippen molar-refractivity contribution in [2.45, 2.75) is 118 Å². The average Bonchev–Trinajstić information content (AvgIpc) is 3.00. The van der Waals surface area contributed by atoms with Crippen LogP contribution in [0.1, 0.15) is 99.3 Å². The maximum atomic E-state index is 11.9. The summed E-state index contributed by atoms with van der Waals surface area (Å²) in [4.78, 5) is 0. The van der Waals surface area contributed by atoms with Crippen LogP contribution in [0, 0.1) is 51.8 Å². The van der Waals surface area contributed by atoms with E-state index in [4.69, 9.17) is 0 Å². The lowest BCUT2D eigenvalue weighted by Gasteiger charge is -2.70. The molecule has 3 nitrogen and oxygen atoms in total. The molecule has 0 radical (unpaired) electrons. The Morgan fingerprint density at radius 3 is 2.27 bits per heavy atom. The Morgan fingerprint density at radius 2 is 1.63 bits per heavy atom. The van der Waals surface area contributed by atoms with Crippen LogP contribution in [-0.2, 0) is 0 Å². The van der Waals surface area contributed by atoms with Crippen molar-refractivity contribution in [2.24, 2.45) is 51.8 Å². The maximum absolute atomic E-state index is 11.9. The predicted molar refractivity (Wildman–Crippen MR) is 122 cm³/mol. The second-order valence-electron chi connectivity index (χ2n) is 12.7. The van der Waals surface area contributed by atoms with E-state index in [0.29, 0.717) is 17.8 Å². The van der Waals surface area contributed by atoms with Gasteiger partial charge in [-0.1, -0.05) is 60.8 Å². The van der Waals surface area contributed by atoms with Crippen LogP contribution in [-0.4, -0.2) is 33.6 Å². The fourth-order valence-electron chi connectivity index (χ4n) is 10.2. The number of rotatable bonds is 4. The smallest absolute Gasteiger partial charge is 0.0608 e. The molecule has 3 N–H and O–H groups in total. The summed E-state index contributed by atoms with van der Waals surface area (Å²) in [7, 11) is 0. The molecule has 0 heterocycles. The highest BCUT2D eigenvalue weighted by atomic mass is 16.3. The fraction of sp³-hybridized carbons (Fsp3) is 1.00. The van der Waals surface area contributed by atoms with Crippen molar-refractivity contribution in [2.75, 3.05) is 0 Å². The fourth-order valence-corrected chi connectivity index (χ4v) is 10.2. The number of fused-ring (bicyclic) bond motifs is 5. The van der Waals surface area contributed by atoms with Crippen LogP contribution in [0.5, 0.6) is 0 Å². The monoisotopic (exact) mass is 420 g/mol. The highest BCUT2D eigenvalue weighted by Gasteiger charge is 2.70. The Bertz CT molecular complexity index is 636. The summed E-state index contributed by atoms with van der Waals surface area (Å²) in [6, 6.07) is 0. The molecule has 0 bridgehead atoms. The van der Waals surface area contributed by atoms with Gasteiger partial charge in [-0.2, -0.15) is 0 Å². The molecule has 4 fully saturated rings. The van der Waals surface area contributed by atoms with Crippen molar-refractivity contribution in [1.82, 2.24) is 0 Å². The molecule has 4 aliphatic rings. The molecule has 0 spiro atoms. The minimum atomic E-state index is -0.358. The molecule has 3 heteroatoms. The third kappa shape index (κ3) is 2.93. The quantitative estimate of drug-likeness (QED) is 0.570. The lowest BCUT2D eigenvalue weighted by atomic mass is 9.36. The van der Waals surface area contributed by atoms with Gasteiger partial charge in [0, 0.05) is 0 Å². The van der Waals surface area contributed by atoms with E-state index >= 15 is 0 Å². The summed E-state index contributed by atoms with van der Waals surface area (Å²) >= 11 is 0. The molecule has 174 valence electrons. The second kappa shape index (κ2) is 7.73. The molecule has 30 heavy (non-hydrogen) atoms. The highest BCUT2D eigenvalue weighted by molar-refractivity contribution is 5.19. The summed E-state index contributed by atoms with van der Waals surface area (Å²) in [6.07, 6.45) is 8.45. The Labute approximate surface area is 185 Å². The first-order valence-electron chi connectivity index (χ1n) is 13.1. The zero-order chi connectivity index (χ0) is 22.1. The molecular weight excluding hydrogens is 372 g/mol. The van der Waals surface area contributed by atoms with Crippen LogP contribution in [0.15, 0.2) is 0 Å². The third-order valence-corrected chi connectivity index (χ3v) is 11.6. The molecule has 4 saturated carbocycles. The summed E-state index contributed by atoms with van der Waals surface area (Å²) in [6.45, 7) is 14.1. The van der Waals surface area contributed by atoms with Gasteiger partial charge in [0.2, 0.25) is 0 Å². The molecular formula is C27H48O3. The molecule has 0 aromatic rings. The lowest BCUT2D eigenvalue weighted by molar-refractivity contribution is -0.268. The van der Waals surface area contributed by atoms with Crippen LogP contribution < -0.4 is 0 Å². The summed E-state index contributed by atoms with van der Waals surface area (Å²) in [5, 5.41) is 34.2. The van der Waals surface area contributed by atoms with E-state index in [1.54, 1.807) is 0 Å². The molecule has 0 aromatic heterocycles. The van der Waals surface area contributed by atoms with Crippen molar-refractivity contribution in [3.8, 4) is 0 Å². The minimum Gasteiger partial charge on any atom is -0.393 e. The largest absolute Gasteiger partial charge is 0.393 e. The Hall–Kier alpha value is -0.120. The molecule has 0 aliphatic heterocycles. The first-order valence-corrected chi connectivity index (χ1v) is 13.1. The zero-order valence-electron chi connectivity index (χ0n) is 20.4. The van der Waals surface area contributed by atoms with Crippen LogP contribution in [0.25, 0.3) is 0 Å². The Kier molecular flexibility index (Phi) is 5.94. The number of hydrogen-bond acceptors (Lipinski definition) is 3.